The van der Waals surface area contributed by atoms with E-state index in [-0.39, 0.29) is 23.8 Å². The Morgan fingerprint density at radius 1 is 0.907 bits per heavy atom. The molecule has 4 aliphatic rings. The first-order valence-corrected chi connectivity index (χ1v) is 16.3. The fourth-order valence-corrected chi connectivity index (χ4v) is 7.28. The van der Waals surface area contributed by atoms with Gasteiger partial charge in [-0.3, -0.25) is 24.0 Å². The molecule has 9 nitrogen and oxygen atoms in total. The molecule has 3 aliphatic carbocycles. The molecule has 1 aromatic rings. The van der Waals surface area contributed by atoms with E-state index in [1.807, 2.05) is 39.8 Å². The quantitative estimate of drug-likeness (QED) is 0.360. The van der Waals surface area contributed by atoms with E-state index in [1.54, 1.807) is 4.90 Å². The number of hydrogen-bond acceptors (Lipinski definition) is 5. The molecule has 3 N–H and O–H groups in total. The van der Waals surface area contributed by atoms with Gasteiger partial charge in [0.15, 0.2) is 0 Å². The van der Waals surface area contributed by atoms with Crippen LogP contribution in [0.25, 0.3) is 0 Å². The lowest BCUT2D eigenvalue weighted by molar-refractivity contribution is -0.169. The Morgan fingerprint density at radius 3 is 2.09 bits per heavy atom. The van der Waals surface area contributed by atoms with Gasteiger partial charge in [0.2, 0.25) is 23.5 Å². The molecule has 4 amide bonds. The van der Waals surface area contributed by atoms with Crippen LogP contribution < -0.4 is 16.0 Å². The first-order valence-electron chi connectivity index (χ1n) is 16.3. The summed E-state index contributed by atoms with van der Waals surface area (Å²) in [4.78, 5) is 69.1. The fraction of sp³-hybridized carbons (Fsp3) is 0.676. The van der Waals surface area contributed by atoms with Crippen LogP contribution in [-0.4, -0.2) is 65.0 Å². The number of likely N-dealkylation sites (tertiary alicyclic amines) is 1. The summed E-state index contributed by atoms with van der Waals surface area (Å²) in [5, 5.41) is 8.72. The number of Topliss-reactive ketones (excluding diaryl/α,β-unsaturated/α-hetero) is 1. The van der Waals surface area contributed by atoms with Crippen LogP contribution in [0.3, 0.4) is 0 Å². The Kier molecular flexibility index (Phi) is 9.00. The van der Waals surface area contributed by atoms with Crippen molar-refractivity contribution in [3.8, 4) is 0 Å². The highest BCUT2D eigenvalue weighted by atomic mass is 16.2. The molecule has 1 aromatic carbocycles. The Morgan fingerprint density at radius 2 is 1.53 bits per heavy atom. The predicted molar refractivity (Wildman–Crippen MR) is 163 cm³/mol. The largest absolute Gasteiger partial charge is 0.347 e. The van der Waals surface area contributed by atoms with E-state index < -0.39 is 46.6 Å². The van der Waals surface area contributed by atoms with Gasteiger partial charge in [-0.1, -0.05) is 77.6 Å². The van der Waals surface area contributed by atoms with Gasteiger partial charge in [-0.25, -0.2) is 0 Å². The SMILES string of the molecule is CCCC(NC(=O)C1N(C(=O)[C@@H](NC(=O)C2CCCCC2)C(C)(C)C)CC12Cc1ccccc1C2)C(=O)C(=O)NC1CC1. The Bertz CT molecular complexity index is 1230. The molecule has 43 heavy (non-hydrogen) atoms. The normalized spacial score (nSPS) is 22.6. The molecule has 1 heterocycles. The van der Waals surface area contributed by atoms with Crippen molar-refractivity contribution in [2.45, 2.75) is 122 Å². The summed E-state index contributed by atoms with van der Waals surface area (Å²) in [7, 11) is 0. The number of carbonyl (C=O) groups excluding carboxylic acids is 5. The summed E-state index contributed by atoms with van der Waals surface area (Å²) < 4.78 is 0. The number of carbonyl (C=O) groups is 5. The van der Waals surface area contributed by atoms with Crippen molar-refractivity contribution >= 4 is 29.4 Å². The zero-order valence-electron chi connectivity index (χ0n) is 26.2. The first-order chi connectivity index (χ1) is 20.4. The van der Waals surface area contributed by atoms with E-state index >= 15 is 0 Å². The molecule has 0 radical (unpaired) electrons. The van der Waals surface area contributed by atoms with Crippen molar-refractivity contribution in [2.24, 2.45) is 16.7 Å². The third-order valence-electron chi connectivity index (χ3n) is 9.83. The van der Waals surface area contributed by atoms with Gasteiger partial charge < -0.3 is 20.9 Å². The van der Waals surface area contributed by atoms with E-state index in [0.717, 1.165) is 56.1 Å². The van der Waals surface area contributed by atoms with E-state index in [0.29, 0.717) is 32.2 Å². The minimum Gasteiger partial charge on any atom is -0.347 e. The van der Waals surface area contributed by atoms with Crippen LogP contribution in [0.1, 0.15) is 96.6 Å². The molecule has 1 spiro atoms. The monoisotopic (exact) mass is 592 g/mol. The number of nitrogens with one attached hydrogen (secondary N) is 3. The minimum atomic E-state index is -0.959. The maximum atomic E-state index is 14.3. The second-order valence-electron chi connectivity index (χ2n) is 14.5. The Labute approximate surface area is 255 Å². The number of amides is 4. The molecule has 234 valence electrons. The van der Waals surface area contributed by atoms with Crippen LogP contribution in [0.2, 0.25) is 0 Å². The smallest absolute Gasteiger partial charge is 0.289 e. The number of fused-ring (bicyclic) bond motifs is 1. The van der Waals surface area contributed by atoms with Crippen molar-refractivity contribution in [3.63, 3.8) is 0 Å². The Hall–Kier alpha value is -3.23. The minimum absolute atomic E-state index is 0.0348. The Balaban J connectivity index is 1.38. The zero-order chi connectivity index (χ0) is 30.9. The lowest BCUT2D eigenvalue weighted by Crippen LogP contribution is -2.75. The molecule has 5 rings (SSSR count). The number of benzene rings is 1. The molecule has 0 bridgehead atoms. The number of hydrogen-bond donors (Lipinski definition) is 3. The van der Waals surface area contributed by atoms with E-state index in [4.69, 9.17) is 0 Å². The second kappa shape index (κ2) is 12.4. The summed E-state index contributed by atoms with van der Waals surface area (Å²) >= 11 is 0. The van der Waals surface area contributed by atoms with Gasteiger partial charge in [0.05, 0.1) is 6.04 Å². The summed E-state index contributed by atoms with van der Waals surface area (Å²) in [5.74, 6) is -2.18. The third-order valence-corrected chi connectivity index (χ3v) is 9.83. The summed E-state index contributed by atoms with van der Waals surface area (Å²) in [6.45, 7) is 8.09. The highest BCUT2D eigenvalue weighted by Crippen LogP contribution is 2.49. The van der Waals surface area contributed by atoms with Crippen LogP contribution in [0.15, 0.2) is 24.3 Å². The van der Waals surface area contributed by atoms with Crippen LogP contribution in [0, 0.1) is 16.7 Å². The summed E-state index contributed by atoms with van der Waals surface area (Å²) in [5.41, 5.74) is 1.24. The van der Waals surface area contributed by atoms with Crippen molar-refractivity contribution < 1.29 is 24.0 Å². The molecule has 1 saturated heterocycles. The zero-order valence-corrected chi connectivity index (χ0v) is 26.2. The van der Waals surface area contributed by atoms with Crippen molar-refractivity contribution in [3.05, 3.63) is 35.4 Å². The molecule has 2 unspecified atom stereocenters. The van der Waals surface area contributed by atoms with Crippen molar-refractivity contribution in [1.82, 2.24) is 20.9 Å². The molecule has 3 atom stereocenters. The molecule has 3 fully saturated rings. The van der Waals surface area contributed by atoms with Crippen LogP contribution in [0.5, 0.6) is 0 Å². The highest BCUT2D eigenvalue weighted by Gasteiger charge is 2.61. The average Bonchev–Trinajstić information content (AvgIpc) is 3.68. The molecular weight excluding hydrogens is 544 g/mol. The van der Waals surface area contributed by atoms with Gasteiger partial charge in [0.25, 0.3) is 5.91 Å². The maximum absolute atomic E-state index is 14.3. The second-order valence-corrected chi connectivity index (χ2v) is 14.5. The van der Waals surface area contributed by atoms with Gasteiger partial charge >= 0.3 is 0 Å². The van der Waals surface area contributed by atoms with E-state index in [1.165, 1.54) is 0 Å². The van der Waals surface area contributed by atoms with E-state index in [2.05, 4.69) is 28.1 Å². The van der Waals surface area contributed by atoms with Gasteiger partial charge in [-0.2, -0.15) is 0 Å². The molecule has 2 saturated carbocycles. The number of ketones is 1. The van der Waals surface area contributed by atoms with Gasteiger partial charge in [-0.15, -0.1) is 0 Å². The van der Waals surface area contributed by atoms with Crippen molar-refractivity contribution in [1.29, 1.82) is 0 Å². The van der Waals surface area contributed by atoms with E-state index in [9.17, 15) is 24.0 Å². The average molecular weight is 593 g/mol. The van der Waals surface area contributed by atoms with Gasteiger partial charge in [0.1, 0.15) is 12.1 Å². The topological polar surface area (TPSA) is 125 Å². The molecule has 0 aromatic heterocycles. The number of rotatable bonds is 10. The fourth-order valence-electron chi connectivity index (χ4n) is 7.28. The summed E-state index contributed by atoms with van der Waals surface area (Å²) in [6, 6.07) is 5.57. The lowest BCUT2D eigenvalue weighted by atomic mass is 9.67. The van der Waals surface area contributed by atoms with Gasteiger partial charge in [-0.05, 0) is 61.5 Å². The lowest BCUT2D eigenvalue weighted by Gasteiger charge is -2.56. The van der Waals surface area contributed by atoms with Crippen LogP contribution in [0.4, 0.5) is 0 Å². The highest BCUT2D eigenvalue weighted by molar-refractivity contribution is 6.38. The summed E-state index contributed by atoms with van der Waals surface area (Å²) in [6.07, 6.45) is 8.76. The molecular formula is C34H48N4O5. The molecule has 9 heteroatoms. The van der Waals surface area contributed by atoms with Crippen LogP contribution in [-0.2, 0) is 36.8 Å². The number of nitrogens with zero attached hydrogens (tertiary/aromatic N) is 1. The maximum Gasteiger partial charge on any atom is 0.289 e. The van der Waals surface area contributed by atoms with Crippen LogP contribution >= 0.6 is 0 Å². The van der Waals surface area contributed by atoms with Crippen molar-refractivity contribution in [2.75, 3.05) is 6.54 Å². The van der Waals surface area contributed by atoms with Gasteiger partial charge in [0, 0.05) is 23.9 Å². The molecule has 1 aliphatic heterocycles. The first kappa shape index (κ1) is 31.2. The standard InChI is InChI=1S/C34H48N4O5/c1-5-11-25(26(39)30(41)35-24-16-17-24)36-31(42)28-34(18-22-14-9-10-15-23(22)19-34)20-38(28)32(43)27(33(2,3)4)37-29(40)21-12-7-6-8-13-21/h9-10,14-15,21,24-25,27-28H,5-8,11-13,16-20H2,1-4H3,(H,35,41)(H,36,42)(H,37,40)/t25?,27-,28?/m1/s1. The third kappa shape index (κ3) is 6.65. The predicted octanol–water partition coefficient (Wildman–Crippen LogP) is 3.23.